The van der Waals surface area contributed by atoms with E-state index in [1.165, 1.54) is 69.9 Å². The SMILES string of the molecule is CCCCCC1CCC(c2ccc(C(=O)O[C@@H]([C@@H](CC(=O)O)OC(=O)C(OC)(c3ccccc3)C(F)(F)F)C(CC)(CC)C(=O)O)cc2)CC1. The van der Waals surface area contributed by atoms with Gasteiger partial charge < -0.3 is 24.4 Å². The van der Waals surface area contributed by atoms with Crippen LogP contribution in [0.3, 0.4) is 0 Å². The number of rotatable bonds is 18. The summed E-state index contributed by atoms with van der Waals surface area (Å²) < 4.78 is 59.8. The van der Waals surface area contributed by atoms with Crippen molar-refractivity contribution >= 4 is 23.9 Å². The molecular formula is C38H49F3O9. The number of ether oxygens (including phenoxy) is 3. The molecule has 2 N–H and O–H groups in total. The van der Waals surface area contributed by atoms with E-state index in [9.17, 15) is 42.6 Å². The Balaban J connectivity index is 1.95. The molecular weight excluding hydrogens is 657 g/mol. The molecule has 1 unspecified atom stereocenters. The van der Waals surface area contributed by atoms with Gasteiger partial charge in [0.1, 0.15) is 5.41 Å². The van der Waals surface area contributed by atoms with E-state index in [4.69, 9.17) is 14.2 Å². The van der Waals surface area contributed by atoms with Crippen LogP contribution in [0.25, 0.3) is 0 Å². The van der Waals surface area contributed by atoms with Gasteiger partial charge in [-0.05, 0) is 68.1 Å². The van der Waals surface area contributed by atoms with Gasteiger partial charge in [0.25, 0.3) is 5.60 Å². The number of unbranched alkanes of at least 4 members (excludes halogenated alkanes) is 2. The molecule has 0 spiro atoms. The molecule has 1 aliphatic carbocycles. The Bertz CT molecular complexity index is 1420. The molecule has 2 aromatic rings. The first kappa shape index (κ1) is 40.5. The van der Waals surface area contributed by atoms with E-state index in [0.717, 1.165) is 43.4 Å². The van der Waals surface area contributed by atoms with Crippen LogP contribution in [-0.2, 0) is 34.2 Å². The maximum Gasteiger partial charge on any atom is 0.432 e. The molecule has 276 valence electrons. The third kappa shape index (κ3) is 9.04. The quantitative estimate of drug-likeness (QED) is 0.116. The standard InChI is InChI=1S/C38H49F3O9/c1-5-8-10-13-25-16-18-26(19-17-25)27-20-22-28(23-21-27)33(44)50-32(36(6-2,7-3)34(45)46)30(24-31(42)43)49-35(47)37(48-4,38(39,40)41)29-14-11-9-12-15-29/h9,11-12,14-15,20-23,25-26,30,32H,5-8,10,13,16-19,24H2,1-4H3,(H,42,43)(H,45,46)/t25?,26?,30-,32+,37?/m1/s1. The summed E-state index contributed by atoms with van der Waals surface area (Å²) in [7, 11) is 0.647. The van der Waals surface area contributed by atoms with Crippen LogP contribution in [0.1, 0.15) is 119 Å². The summed E-state index contributed by atoms with van der Waals surface area (Å²) in [6, 6.07) is 12.5. The first-order chi connectivity index (χ1) is 23.7. The fraction of sp³-hybridized carbons (Fsp3) is 0.579. The molecule has 9 nitrogen and oxygen atoms in total. The van der Waals surface area contributed by atoms with Gasteiger partial charge in [0, 0.05) is 12.7 Å². The van der Waals surface area contributed by atoms with E-state index in [1.807, 2.05) is 0 Å². The van der Waals surface area contributed by atoms with E-state index >= 15 is 0 Å². The van der Waals surface area contributed by atoms with Crippen molar-refractivity contribution in [1.82, 2.24) is 0 Å². The molecule has 12 heteroatoms. The Morgan fingerprint density at radius 1 is 0.840 bits per heavy atom. The second kappa shape index (κ2) is 17.8. The molecule has 0 bridgehead atoms. The Kier molecular flexibility index (Phi) is 14.4. The van der Waals surface area contributed by atoms with Gasteiger partial charge in [0.2, 0.25) is 0 Å². The normalized spacial score (nSPS) is 19.1. The predicted octanol–water partition coefficient (Wildman–Crippen LogP) is 8.45. The Hall–Kier alpha value is -3.93. The van der Waals surface area contributed by atoms with E-state index in [-0.39, 0.29) is 18.4 Å². The Labute approximate surface area is 291 Å². The number of aliphatic carboxylic acids is 2. The number of carbonyl (C=O) groups excluding carboxylic acids is 2. The van der Waals surface area contributed by atoms with Crippen molar-refractivity contribution < 1.29 is 56.8 Å². The summed E-state index contributed by atoms with van der Waals surface area (Å²) in [5, 5.41) is 20.2. The summed E-state index contributed by atoms with van der Waals surface area (Å²) in [5.41, 5.74) is -5.33. The van der Waals surface area contributed by atoms with Gasteiger partial charge in [-0.2, -0.15) is 13.2 Å². The molecule has 2 aromatic carbocycles. The highest BCUT2D eigenvalue weighted by Crippen LogP contribution is 2.45. The number of carboxylic acid groups (broad SMARTS) is 2. The average molecular weight is 707 g/mol. The molecule has 50 heavy (non-hydrogen) atoms. The fourth-order valence-corrected chi connectivity index (χ4v) is 7.15. The van der Waals surface area contributed by atoms with Crippen molar-refractivity contribution in [2.24, 2.45) is 11.3 Å². The lowest BCUT2D eigenvalue weighted by Gasteiger charge is -2.40. The minimum Gasteiger partial charge on any atom is -0.481 e. The second-order valence-electron chi connectivity index (χ2n) is 13.1. The molecule has 3 rings (SSSR count). The number of halogens is 3. The highest BCUT2D eigenvalue weighted by molar-refractivity contribution is 5.90. The van der Waals surface area contributed by atoms with Crippen LogP contribution in [0.15, 0.2) is 54.6 Å². The first-order valence-corrected chi connectivity index (χ1v) is 17.3. The minimum absolute atomic E-state index is 0.0183. The lowest BCUT2D eigenvalue weighted by molar-refractivity contribution is -0.280. The third-order valence-electron chi connectivity index (χ3n) is 10.3. The fourth-order valence-electron chi connectivity index (χ4n) is 7.15. The molecule has 3 atom stereocenters. The summed E-state index contributed by atoms with van der Waals surface area (Å²) in [5.74, 6) is -5.20. The van der Waals surface area contributed by atoms with Gasteiger partial charge in [0.05, 0.1) is 12.0 Å². The summed E-state index contributed by atoms with van der Waals surface area (Å²) >= 11 is 0. The average Bonchev–Trinajstić information content (AvgIpc) is 3.09. The highest BCUT2D eigenvalue weighted by Gasteiger charge is 2.65. The Morgan fingerprint density at radius 3 is 1.92 bits per heavy atom. The van der Waals surface area contributed by atoms with Crippen molar-refractivity contribution in [3.05, 3.63) is 71.3 Å². The molecule has 0 saturated heterocycles. The molecule has 0 radical (unpaired) electrons. The Morgan fingerprint density at radius 2 is 1.44 bits per heavy atom. The molecule has 1 saturated carbocycles. The lowest BCUT2D eigenvalue weighted by Crippen LogP contribution is -2.56. The topological polar surface area (TPSA) is 136 Å². The molecule has 0 heterocycles. The zero-order chi connectivity index (χ0) is 37.1. The maximum atomic E-state index is 14.7. The van der Waals surface area contributed by atoms with E-state index in [1.54, 1.807) is 12.1 Å². The predicted molar refractivity (Wildman–Crippen MR) is 178 cm³/mol. The van der Waals surface area contributed by atoms with Crippen LogP contribution in [0.4, 0.5) is 13.2 Å². The van der Waals surface area contributed by atoms with Crippen molar-refractivity contribution in [3.8, 4) is 0 Å². The van der Waals surface area contributed by atoms with E-state index < -0.39 is 65.3 Å². The first-order valence-electron chi connectivity index (χ1n) is 17.3. The van der Waals surface area contributed by atoms with Gasteiger partial charge in [-0.15, -0.1) is 0 Å². The summed E-state index contributed by atoms with van der Waals surface area (Å²) in [6.45, 7) is 5.08. The van der Waals surface area contributed by atoms with E-state index in [0.29, 0.717) is 18.9 Å². The zero-order valence-corrected chi connectivity index (χ0v) is 29.2. The van der Waals surface area contributed by atoms with Gasteiger partial charge in [-0.1, -0.05) is 88.9 Å². The number of alkyl halides is 3. The minimum atomic E-state index is -5.39. The van der Waals surface area contributed by atoms with Gasteiger partial charge in [0.15, 0.2) is 12.2 Å². The molecule has 1 aliphatic rings. The third-order valence-corrected chi connectivity index (χ3v) is 10.3. The van der Waals surface area contributed by atoms with Crippen LogP contribution in [-0.4, -0.2) is 59.6 Å². The smallest absolute Gasteiger partial charge is 0.432 e. The van der Waals surface area contributed by atoms with Crippen LogP contribution in [0.2, 0.25) is 0 Å². The van der Waals surface area contributed by atoms with Gasteiger partial charge >= 0.3 is 30.1 Å². The number of hydrogen-bond donors (Lipinski definition) is 2. The molecule has 0 aliphatic heterocycles. The second-order valence-corrected chi connectivity index (χ2v) is 13.1. The van der Waals surface area contributed by atoms with Crippen LogP contribution < -0.4 is 0 Å². The van der Waals surface area contributed by atoms with E-state index in [2.05, 4.69) is 6.92 Å². The van der Waals surface area contributed by atoms with Crippen LogP contribution in [0.5, 0.6) is 0 Å². The van der Waals surface area contributed by atoms with Crippen molar-refractivity contribution in [2.75, 3.05) is 7.11 Å². The maximum absolute atomic E-state index is 14.7. The van der Waals surface area contributed by atoms with Crippen molar-refractivity contribution in [1.29, 1.82) is 0 Å². The van der Waals surface area contributed by atoms with Gasteiger partial charge in [-0.25, -0.2) is 9.59 Å². The highest BCUT2D eigenvalue weighted by atomic mass is 19.4. The van der Waals surface area contributed by atoms with Crippen LogP contribution >= 0.6 is 0 Å². The lowest BCUT2D eigenvalue weighted by atomic mass is 9.74. The van der Waals surface area contributed by atoms with Crippen molar-refractivity contribution in [2.45, 2.75) is 121 Å². The molecule has 0 aromatic heterocycles. The summed E-state index contributed by atoms with van der Waals surface area (Å²) in [6.07, 6.45) is -2.01. The van der Waals surface area contributed by atoms with Gasteiger partial charge in [-0.3, -0.25) is 9.59 Å². The molecule has 0 amide bonds. The number of methoxy groups -OCH3 is 1. The molecule has 1 fully saturated rings. The number of esters is 2. The summed E-state index contributed by atoms with van der Waals surface area (Å²) in [4.78, 5) is 52.0. The number of carbonyl (C=O) groups is 4. The zero-order valence-electron chi connectivity index (χ0n) is 29.2. The monoisotopic (exact) mass is 706 g/mol. The number of benzene rings is 2. The number of carboxylic acids is 2. The van der Waals surface area contributed by atoms with Crippen molar-refractivity contribution in [3.63, 3.8) is 0 Å². The largest absolute Gasteiger partial charge is 0.481 e. The number of hydrogen-bond acceptors (Lipinski definition) is 7. The van der Waals surface area contributed by atoms with Crippen LogP contribution in [0, 0.1) is 11.3 Å².